The number of rotatable bonds is 6. The minimum Gasteiger partial charge on any atom is -0.493 e. The van der Waals surface area contributed by atoms with Crippen molar-refractivity contribution in [2.24, 2.45) is 5.92 Å². The Kier molecular flexibility index (Phi) is 6.53. The van der Waals surface area contributed by atoms with Gasteiger partial charge in [0, 0.05) is 29.9 Å². The summed E-state index contributed by atoms with van der Waals surface area (Å²) >= 11 is 0. The fraction of sp³-hybridized carbons (Fsp3) is 0.385. The van der Waals surface area contributed by atoms with Crippen molar-refractivity contribution in [2.75, 3.05) is 6.61 Å². The number of fused-ring (bicyclic) bond motifs is 1. The number of aryl methyl sites for hydroxylation is 1. The Balaban J connectivity index is 1.56. The van der Waals surface area contributed by atoms with Crippen LogP contribution in [0.3, 0.4) is 0 Å². The van der Waals surface area contributed by atoms with Gasteiger partial charge in [-0.05, 0) is 75.4 Å². The van der Waals surface area contributed by atoms with E-state index in [4.69, 9.17) is 4.74 Å². The summed E-state index contributed by atoms with van der Waals surface area (Å²) in [7, 11) is -3.82. The van der Waals surface area contributed by atoms with Crippen molar-refractivity contribution in [3.63, 3.8) is 0 Å². The van der Waals surface area contributed by atoms with Crippen LogP contribution in [-0.2, 0) is 29.4 Å². The van der Waals surface area contributed by atoms with Gasteiger partial charge < -0.3 is 4.74 Å². The van der Waals surface area contributed by atoms with E-state index in [1.54, 1.807) is 32.9 Å². The molecule has 0 spiro atoms. The third kappa shape index (κ3) is 4.87. The molecule has 0 bridgehead atoms. The van der Waals surface area contributed by atoms with E-state index < -0.39 is 20.7 Å². The van der Waals surface area contributed by atoms with E-state index in [1.807, 2.05) is 41.2 Å². The zero-order valence-corrected chi connectivity index (χ0v) is 20.9. The lowest BCUT2D eigenvalue weighted by molar-refractivity contribution is 0.0981. The molecule has 2 aromatic carbocycles. The molecular weight excluding hydrogens is 450 g/mol. The standard InChI is InChI=1S/C26H31N3O4S/c1-5-29-21(12-13-27-29)15-18-14-20-11-10-19(16-24(20)33-17-18)22-8-6-7-9-23(22)25(30)28-34(31,32)26(2,3)4/h6-13,16,18H,5,14-15,17H2,1-4H3,(H,28,30)/t18-/m0/s1. The van der Waals surface area contributed by atoms with Gasteiger partial charge in [-0.1, -0.05) is 30.3 Å². The predicted molar refractivity (Wildman–Crippen MR) is 132 cm³/mol. The highest BCUT2D eigenvalue weighted by Gasteiger charge is 2.31. The number of amides is 1. The van der Waals surface area contributed by atoms with Gasteiger partial charge in [0.1, 0.15) is 5.75 Å². The molecule has 34 heavy (non-hydrogen) atoms. The van der Waals surface area contributed by atoms with Crippen LogP contribution in [0.4, 0.5) is 0 Å². The fourth-order valence-electron chi connectivity index (χ4n) is 4.11. The second-order valence-electron chi connectivity index (χ2n) is 9.64. The van der Waals surface area contributed by atoms with Gasteiger partial charge in [0.15, 0.2) is 0 Å². The molecule has 1 amide bonds. The minimum atomic E-state index is -3.82. The van der Waals surface area contributed by atoms with E-state index in [2.05, 4.69) is 22.8 Å². The zero-order valence-electron chi connectivity index (χ0n) is 20.0. The summed E-state index contributed by atoms with van der Waals surface area (Å²) in [6.45, 7) is 8.20. The normalized spacial score (nSPS) is 15.9. The molecule has 0 radical (unpaired) electrons. The van der Waals surface area contributed by atoms with E-state index >= 15 is 0 Å². The summed E-state index contributed by atoms with van der Waals surface area (Å²) < 4.78 is 34.3. The monoisotopic (exact) mass is 481 g/mol. The number of nitrogens with zero attached hydrogens (tertiary/aromatic N) is 2. The first kappa shape index (κ1) is 24.0. The van der Waals surface area contributed by atoms with E-state index in [9.17, 15) is 13.2 Å². The van der Waals surface area contributed by atoms with Crippen LogP contribution in [0.15, 0.2) is 54.7 Å². The highest BCUT2D eigenvalue weighted by atomic mass is 32.2. The maximum Gasteiger partial charge on any atom is 0.265 e. The number of hydrogen-bond donors (Lipinski definition) is 1. The maximum absolute atomic E-state index is 12.9. The van der Waals surface area contributed by atoms with Gasteiger partial charge in [-0.2, -0.15) is 5.10 Å². The number of sulfonamides is 1. The van der Waals surface area contributed by atoms with Gasteiger partial charge in [0.2, 0.25) is 10.0 Å². The summed E-state index contributed by atoms with van der Waals surface area (Å²) in [4.78, 5) is 12.9. The van der Waals surface area contributed by atoms with Crippen molar-refractivity contribution in [3.8, 4) is 16.9 Å². The van der Waals surface area contributed by atoms with E-state index in [1.165, 1.54) is 5.69 Å². The Morgan fingerprint density at radius 1 is 1.18 bits per heavy atom. The topological polar surface area (TPSA) is 90.3 Å². The number of carbonyl (C=O) groups excluding carboxylic acids is 1. The second kappa shape index (κ2) is 9.25. The van der Waals surface area contributed by atoms with Gasteiger partial charge >= 0.3 is 0 Å². The van der Waals surface area contributed by atoms with Crippen LogP contribution in [0.2, 0.25) is 0 Å². The Morgan fingerprint density at radius 2 is 1.94 bits per heavy atom. The molecule has 3 aromatic rings. The molecule has 1 aliphatic heterocycles. The van der Waals surface area contributed by atoms with Crippen molar-refractivity contribution < 1.29 is 17.9 Å². The molecule has 1 atom stereocenters. The SMILES string of the molecule is CCn1nccc1C[C@H]1COc2cc(-c3ccccc3C(=O)NS(=O)(=O)C(C)(C)C)ccc2C1. The molecule has 180 valence electrons. The lowest BCUT2D eigenvalue weighted by atomic mass is 9.90. The number of nitrogens with one attached hydrogen (secondary N) is 1. The van der Waals surface area contributed by atoms with Crippen LogP contribution in [0, 0.1) is 5.92 Å². The van der Waals surface area contributed by atoms with Gasteiger partial charge in [-0.3, -0.25) is 9.48 Å². The molecule has 0 saturated heterocycles. The quantitative estimate of drug-likeness (QED) is 0.569. The third-order valence-electron chi connectivity index (χ3n) is 6.17. The molecule has 4 rings (SSSR count). The highest BCUT2D eigenvalue weighted by Crippen LogP contribution is 2.34. The Hall–Kier alpha value is -3.13. The molecule has 2 heterocycles. The average molecular weight is 482 g/mol. The van der Waals surface area contributed by atoms with Gasteiger partial charge in [-0.25, -0.2) is 13.1 Å². The Labute approximate surface area is 201 Å². The second-order valence-corrected chi connectivity index (χ2v) is 12.1. The average Bonchev–Trinajstić information content (AvgIpc) is 3.24. The predicted octanol–water partition coefficient (Wildman–Crippen LogP) is 4.22. The molecular formula is C26H31N3O4S. The van der Waals surface area contributed by atoms with Crippen LogP contribution in [-0.4, -0.2) is 35.5 Å². The first-order valence-corrected chi connectivity index (χ1v) is 13.0. The lowest BCUT2D eigenvalue weighted by Gasteiger charge is -2.26. The molecule has 7 nitrogen and oxygen atoms in total. The smallest absolute Gasteiger partial charge is 0.265 e. The minimum absolute atomic E-state index is 0.303. The first-order valence-electron chi connectivity index (χ1n) is 11.5. The summed E-state index contributed by atoms with van der Waals surface area (Å²) in [6, 6.07) is 15.0. The Bertz CT molecular complexity index is 1310. The molecule has 8 heteroatoms. The highest BCUT2D eigenvalue weighted by molar-refractivity contribution is 7.91. The van der Waals surface area contributed by atoms with Gasteiger partial charge in [-0.15, -0.1) is 0 Å². The summed E-state index contributed by atoms with van der Waals surface area (Å²) in [5.41, 5.74) is 4.10. The fourth-order valence-corrected chi connectivity index (χ4v) is 4.77. The van der Waals surface area contributed by atoms with Crippen molar-refractivity contribution in [1.82, 2.24) is 14.5 Å². The third-order valence-corrected chi connectivity index (χ3v) is 8.23. The summed E-state index contributed by atoms with van der Waals surface area (Å²) in [5, 5.41) is 4.35. The maximum atomic E-state index is 12.9. The molecule has 0 aliphatic carbocycles. The van der Waals surface area contributed by atoms with Crippen molar-refractivity contribution >= 4 is 15.9 Å². The van der Waals surface area contributed by atoms with E-state index in [-0.39, 0.29) is 0 Å². The van der Waals surface area contributed by atoms with Crippen LogP contribution in [0.5, 0.6) is 5.75 Å². The number of ether oxygens (including phenoxy) is 1. The molecule has 0 unspecified atom stereocenters. The summed E-state index contributed by atoms with van der Waals surface area (Å²) in [6.07, 6.45) is 3.64. The number of carbonyl (C=O) groups is 1. The lowest BCUT2D eigenvalue weighted by Crippen LogP contribution is -2.42. The molecule has 0 fully saturated rings. The number of aromatic nitrogens is 2. The van der Waals surface area contributed by atoms with E-state index in [0.29, 0.717) is 23.7 Å². The first-order chi connectivity index (χ1) is 16.1. The van der Waals surface area contributed by atoms with Crippen LogP contribution in [0.25, 0.3) is 11.1 Å². The largest absolute Gasteiger partial charge is 0.493 e. The number of benzene rings is 2. The Morgan fingerprint density at radius 3 is 2.68 bits per heavy atom. The summed E-state index contributed by atoms with van der Waals surface area (Å²) in [5.74, 6) is 0.521. The molecule has 1 N–H and O–H groups in total. The number of hydrogen-bond acceptors (Lipinski definition) is 5. The van der Waals surface area contributed by atoms with Crippen molar-refractivity contribution in [3.05, 3.63) is 71.5 Å². The van der Waals surface area contributed by atoms with Gasteiger partial charge in [0.25, 0.3) is 5.91 Å². The molecule has 1 aliphatic rings. The van der Waals surface area contributed by atoms with Crippen LogP contribution in [0.1, 0.15) is 49.3 Å². The zero-order chi connectivity index (χ0) is 24.5. The van der Waals surface area contributed by atoms with Crippen LogP contribution < -0.4 is 9.46 Å². The van der Waals surface area contributed by atoms with Crippen molar-refractivity contribution in [2.45, 2.75) is 51.8 Å². The van der Waals surface area contributed by atoms with Crippen LogP contribution >= 0.6 is 0 Å². The van der Waals surface area contributed by atoms with Crippen molar-refractivity contribution in [1.29, 1.82) is 0 Å². The van der Waals surface area contributed by atoms with E-state index in [0.717, 1.165) is 36.3 Å². The van der Waals surface area contributed by atoms with Gasteiger partial charge in [0.05, 0.1) is 11.4 Å². The molecule has 1 aromatic heterocycles. The molecule has 0 saturated carbocycles.